The molecular formula is C19H31NO. The van der Waals surface area contributed by atoms with Gasteiger partial charge < -0.3 is 10.4 Å². The molecule has 1 aliphatic rings. The van der Waals surface area contributed by atoms with Gasteiger partial charge in [0, 0.05) is 12.0 Å². The van der Waals surface area contributed by atoms with Gasteiger partial charge >= 0.3 is 0 Å². The van der Waals surface area contributed by atoms with E-state index in [1.54, 1.807) is 0 Å². The fraction of sp³-hybridized carbons (Fsp3) is 0.684. The number of hydrogen-bond donors (Lipinski definition) is 2. The third-order valence-electron chi connectivity index (χ3n) is 4.77. The Bertz CT molecular complexity index is 387. The molecule has 1 aromatic carbocycles. The van der Waals surface area contributed by atoms with E-state index in [1.165, 1.54) is 56.1 Å². The summed E-state index contributed by atoms with van der Waals surface area (Å²) in [5, 5.41) is 12.8. The maximum Gasteiger partial charge on any atom is 0.0590 e. The van der Waals surface area contributed by atoms with Gasteiger partial charge in [0.2, 0.25) is 0 Å². The van der Waals surface area contributed by atoms with E-state index in [0.29, 0.717) is 5.92 Å². The topological polar surface area (TPSA) is 32.3 Å². The van der Waals surface area contributed by atoms with Gasteiger partial charge in [-0.2, -0.15) is 0 Å². The predicted molar refractivity (Wildman–Crippen MR) is 89.8 cm³/mol. The molecule has 21 heavy (non-hydrogen) atoms. The summed E-state index contributed by atoms with van der Waals surface area (Å²) in [6.45, 7) is 3.53. The number of aliphatic hydroxyl groups excluding tert-OH is 1. The fourth-order valence-electron chi connectivity index (χ4n) is 3.40. The van der Waals surface area contributed by atoms with Gasteiger partial charge in [-0.05, 0) is 36.9 Å². The monoisotopic (exact) mass is 289 g/mol. The molecule has 1 heterocycles. The van der Waals surface area contributed by atoms with Crippen LogP contribution in [-0.2, 0) is 6.42 Å². The zero-order chi connectivity index (χ0) is 14.9. The first-order valence-electron chi connectivity index (χ1n) is 8.78. The number of hydrogen-bond acceptors (Lipinski definition) is 2. The highest BCUT2D eigenvalue weighted by atomic mass is 16.3. The zero-order valence-electron chi connectivity index (χ0n) is 13.5. The second-order valence-corrected chi connectivity index (χ2v) is 6.40. The van der Waals surface area contributed by atoms with Crippen LogP contribution in [0.5, 0.6) is 0 Å². The molecule has 2 N–H and O–H groups in total. The Morgan fingerprint density at radius 2 is 1.76 bits per heavy atom. The average molecular weight is 289 g/mol. The average Bonchev–Trinajstić information content (AvgIpc) is 3.00. The molecule has 0 aromatic heterocycles. The molecule has 2 atom stereocenters. The van der Waals surface area contributed by atoms with E-state index >= 15 is 0 Å². The fourth-order valence-corrected chi connectivity index (χ4v) is 3.40. The molecular weight excluding hydrogens is 258 g/mol. The van der Waals surface area contributed by atoms with Crippen LogP contribution in [0.15, 0.2) is 24.3 Å². The second-order valence-electron chi connectivity index (χ2n) is 6.40. The van der Waals surface area contributed by atoms with E-state index in [-0.39, 0.29) is 12.6 Å². The summed E-state index contributed by atoms with van der Waals surface area (Å²) in [5.41, 5.74) is 2.84. The molecule has 118 valence electrons. The molecule has 2 rings (SSSR count). The normalized spacial score (nSPS) is 21.8. The van der Waals surface area contributed by atoms with Crippen LogP contribution in [0.1, 0.15) is 68.9 Å². The lowest BCUT2D eigenvalue weighted by atomic mass is 9.91. The molecule has 2 heteroatoms. The molecule has 1 unspecified atom stereocenters. The minimum Gasteiger partial charge on any atom is -0.395 e. The van der Waals surface area contributed by atoms with Gasteiger partial charge in [0.15, 0.2) is 0 Å². The third kappa shape index (κ3) is 5.12. The Labute approximate surface area is 130 Å². The van der Waals surface area contributed by atoms with E-state index in [2.05, 4.69) is 36.5 Å². The molecule has 0 saturated carbocycles. The Morgan fingerprint density at radius 1 is 1.05 bits per heavy atom. The van der Waals surface area contributed by atoms with Gasteiger partial charge in [-0.25, -0.2) is 0 Å². The number of unbranched alkanes of at least 4 members (excludes halogenated alkanes) is 5. The minimum atomic E-state index is 0.240. The summed E-state index contributed by atoms with van der Waals surface area (Å²) in [6.07, 6.45) is 10.5. The standard InChI is InChI=1S/C19H31NO/c1-2-3-4-5-6-7-8-16-9-11-17(12-10-16)18-13-14-20-19(18)15-21/h9-12,18-21H,2-8,13-15H2,1H3/t18?,19-/m1/s1. The summed E-state index contributed by atoms with van der Waals surface area (Å²) in [7, 11) is 0. The van der Waals surface area contributed by atoms with Crippen molar-refractivity contribution in [3.05, 3.63) is 35.4 Å². The third-order valence-corrected chi connectivity index (χ3v) is 4.77. The lowest BCUT2D eigenvalue weighted by molar-refractivity contribution is 0.245. The SMILES string of the molecule is CCCCCCCCc1ccc(C2CCN[C@@H]2CO)cc1. The van der Waals surface area contributed by atoms with Crippen molar-refractivity contribution in [2.45, 2.75) is 70.3 Å². The Balaban J connectivity index is 1.74. The van der Waals surface area contributed by atoms with E-state index < -0.39 is 0 Å². The van der Waals surface area contributed by atoms with Gasteiger partial charge in [-0.3, -0.25) is 0 Å². The quantitative estimate of drug-likeness (QED) is 0.673. The van der Waals surface area contributed by atoms with E-state index in [4.69, 9.17) is 0 Å². The minimum absolute atomic E-state index is 0.240. The molecule has 1 aliphatic heterocycles. The lowest BCUT2D eigenvalue weighted by Gasteiger charge is -2.17. The van der Waals surface area contributed by atoms with Crippen LogP contribution in [0, 0.1) is 0 Å². The van der Waals surface area contributed by atoms with Crippen molar-refractivity contribution >= 4 is 0 Å². The molecule has 0 bridgehead atoms. The van der Waals surface area contributed by atoms with Crippen molar-refractivity contribution in [3.8, 4) is 0 Å². The summed E-state index contributed by atoms with van der Waals surface area (Å²) < 4.78 is 0. The van der Waals surface area contributed by atoms with Crippen LogP contribution in [0.3, 0.4) is 0 Å². The van der Waals surface area contributed by atoms with E-state index in [1.807, 2.05) is 0 Å². The highest BCUT2D eigenvalue weighted by molar-refractivity contribution is 5.27. The molecule has 0 spiro atoms. The van der Waals surface area contributed by atoms with Gasteiger partial charge in [0.05, 0.1) is 6.61 Å². The Morgan fingerprint density at radius 3 is 2.48 bits per heavy atom. The summed E-state index contributed by atoms with van der Waals surface area (Å²) in [5.74, 6) is 0.484. The molecule has 0 aliphatic carbocycles. The van der Waals surface area contributed by atoms with Gasteiger partial charge in [-0.15, -0.1) is 0 Å². The first-order valence-corrected chi connectivity index (χ1v) is 8.78. The summed E-state index contributed by atoms with van der Waals surface area (Å²) >= 11 is 0. The Hall–Kier alpha value is -0.860. The van der Waals surface area contributed by atoms with E-state index in [0.717, 1.165) is 13.0 Å². The molecule has 2 nitrogen and oxygen atoms in total. The summed E-state index contributed by atoms with van der Waals surface area (Å²) in [4.78, 5) is 0. The highest BCUT2D eigenvalue weighted by Gasteiger charge is 2.27. The smallest absolute Gasteiger partial charge is 0.0590 e. The van der Waals surface area contributed by atoms with Crippen molar-refractivity contribution in [2.75, 3.05) is 13.2 Å². The number of aliphatic hydroxyl groups is 1. The number of aryl methyl sites for hydroxylation is 1. The number of rotatable bonds is 9. The first kappa shape index (κ1) is 16.5. The van der Waals surface area contributed by atoms with E-state index in [9.17, 15) is 5.11 Å². The van der Waals surface area contributed by atoms with Crippen LogP contribution in [-0.4, -0.2) is 24.3 Å². The molecule has 1 aromatic rings. The molecule has 1 saturated heterocycles. The van der Waals surface area contributed by atoms with Crippen LogP contribution < -0.4 is 5.32 Å². The number of nitrogens with one attached hydrogen (secondary N) is 1. The largest absolute Gasteiger partial charge is 0.395 e. The maximum absolute atomic E-state index is 9.39. The van der Waals surface area contributed by atoms with Gasteiger partial charge in [0.25, 0.3) is 0 Å². The second kappa shape index (κ2) is 9.22. The Kier molecular flexibility index (Phi) is 7.25. The predicted octanol–water partition coefficient (Wildman–Crippen LogP) is 4.03. The van der Waals surface area contributed by atoms with Crippen LogP contribution >= 0.6 is 0 Å². The van der Waals surface area contributed by atoms with Gasteiger partial charge in [0.1, 0.15) is 0 Å². The molecule has 1 fully saturated rings. The van der Waals surface area contributed by atoms with Crippen LogP contribution in [0.2, 0.25) is 0 Å². The lowest BCUT2D eigenvalue weighted by Crippen LogP contribution is -2.29. The highest BCUT2D eigenvalue weighted by Crippen LogP contribution is 2.27. The number of benzene rings is 1. The van der Waals surface area contributed by atoms with Crippen LogP contribution in [0.4, 0.5) is 0 Å². The van der Waals surface area contributed by atoms with Crippen molar-refractivity contribution < 1.29 is 5.11 Å². The van der Waals surface area contributed by atoms with Crippen molar-refractivity contribution in [1.29, 1.82) is 0 Å². The first-order chi connectivity index (χ1) is 10.3. The summed E-state index contributed by atoms with van der Waals surface area (Å²) in [6, 6.07) is 9.36. The molecule has 0 radical (unpaired) electrons. The molecule has 0 amide bonds. The van der Waals surface area contributed by atoms with Crippen LogP contribution in [0.25, 0.3) is 0 Å². The van der Waals surface area contributed by atoms with Crippen molar-refractivity contribution in [1.82, 2.24) is 5.32 Å². The van der Waals surface area contributed by atoms with Crippen molar-refractivity contribution in [3.63, 3.8) is 0 Å². The van der Waals surface area contributed by atoms with Gasteiger partial charge in [-0.1, -0.05) is 63.3 Å². The maximum atomic E-state index is 9.39. The van der Waals surface area contributed by atoms with Crippen molar-refractivity contribution in [2.24, 2.45) is 0 Å². The zero-order valence-corrected chi connectivity index (χ0v) is 13.5.